The van der Waals surface area contributed by atoms with Crippen molar-refractivity contribution in [2.24, 2.45) is 0 Å². The summed E-state index contributed by atoms with van der Waals surface area (Å²) in [6.07, 6.45) is 0.493. The average Bonchev–Trinajstić information content (AvgIpc) is 2.22. The maximum absolute atomic E-state index is 11.1. The normalized spacial score (nSPS) is 9.67. The Morgan fingerprint density at radius 2 is 2.33 bits per heavy atom. The van der Waals surface area contributed by atoms with E-state index >= 15 is 0 Å². The molecule has 1 aromatic heterocycles. The van der Waals surface area contributed by atoms with Crippen molar-refractivity contribution in [2.75, 3.05) is 18.5 Å². The van der Waals surface area contributed by atoms with Crippen molar-refractivity contribution < 1.29 is 9.90 Å². The summed E-state index contributed by atoms with van der Waals surface area (Å²) in [6.45, 7) is 0.406. The Bertz CT molecular complexity index is 356. The first-order valence-electron chi connectivity index (χ1n) is 4.44. The molecule has 0 aliphatic rings. The molecule has 1 aromatic rings. The van der Waals surface area contributed by atoms with Crippen LogP contribution < -0.4 is 16.2 Å². The predicted octanol–water partition coefficient (Wildman–Crippen LogP) is -0.726. The third-order valence-corrected chi connectivity index (χ3v) is 1.54. The summed E-state index contributed by atoms with van der Waals surface area (Å²) in [6, 6.07) is 2.23. The van der Waals surface area contributed by atoms with E-state index in [9.17, 15) is 9.59 Å². The Labute approximate surface area is 85.5 Å². The van der Waals surface area contributed by atoms with Crippen molar-refractivity contribution in [2.45, 2.75) is 6.42 Å². The molecule has 1 rings (SSSR count). The first-order valence-corrected chi connectivity index (χ1v) is 4.44. The summed E-state index contributed by atoms with van der Waals surface area (Å²) < 4.78 is 0. The van der Waals surface area contributed by atoms with Gasteiger partial charge >= 0.3 is 6.03 Å². The predicted molar refractivity (Wildman–Crippen MR) is 53.6 cm³/mol. The molecule has 4 N–H and O–H groups in total. The number of urea groups is 1. The van der Waals surface area contributed by atoms with Crippen molar-refractivity contribution in [1.29, 1.82) is 0 Å². The number of carbonyl (C=O) groups is 1. The molecule has 0 spiro atoms. The number of hydrogen-bond acceptors (Lipinski definition) is 4. The summed E-state index contributed by atoms with van der Waals surface area (Å²) in [5.41, 5.74) is -0.332. The molecule has 15 heavy (non-hydrogen) atoms. The first-order chi connectivity index (χ1) is 7.22. The van der Waals surface area contributed by atoms with E-state index in [0.29, 0.717) is 13.0 Å². The minimum atomic E-state index is -0.428. The van der Waals surface area contributed by atoms with E-state index in [0.717, 1.165) is 0 Å². The highest BCUT2D eigenvalue weighted by molar-refractivity contribution is 5.87. The van der Waals surface area contributed by atoms with Crippen LogP contribution in [0.15, 0.2) is 16.9 Å². The number of carbonyl (C=O) groups excluding carboxylic acids is 1. The molecule has 2 amide bonds. The van der Waals surface area contributed by atoms with Gasteiger partial charge in [-0.05, 0) is 12.5 Å². The van der Waals surface area contributed by atoms with Crippen molar-refractivity contribution >= 4 is 11.8 Å². The quantitative estimate of drug-likeness (QED) is 0.494. The van der Waals surface area contributed by atoms with Gasteiger partial charge in [-0.1, -0.05) is 0 Å². The summed E-state index contributed by atoms with van der Waals surface area (Å²) in [5, 5.41) is 19.2. The molecule has 82 valence electrons. The minimum Gasteiger partial charge on any atom is -0.396 e. The van der Waals surface area contributed by atoms with Gasteiger partial charge in [0, 0.05) is 19.2 Å². The van der Waals surface area contributed by atoms with E-state index in [-0.39, 0.29) is 18.0 Å². The topological polar surface area (TPSA) is 107 Å². The van der Waals surface area contributed by atoms with Crippen molar-refractivity contribution in [3.8, 4) is 0 Å². The molecule has 0 aromatic carbocycles. The van der Waals surface area contributed by atoms with Gasteiger partial charge in [-0.15, -0.1) is 0 Å². The fraction of sp³-hybridized carbons (Fsp3) is 0.375. The van der Waals surface area contributed by atoms with Gasteiger partial charge in [0.1, 0.15) is 0 Å². The monoisotopic (exact) mass is 212 g/mol. The van der Waals surface area contributed by atoms with Gasteiger partial charge in [-0.25, -0.2) is 9.89 Å². The van der Waals surface area contributed by atoms with Crippen LogP contribution in [0.3, 0.4) is 0 Å². The summed E-state index contributed by atoms with van der Waals surface area (Å²) in [5.74, 6) is 0.260. The Morgan fingerprint density at radius 3 is 2.93 bits per heavy atom. The second-order valence-electron chi connectivity index (χ2n) is 2.76. The van der Waals surface area contributed by atoms with E-state index in [1.807, 2.05) is 0 Å². The second-order valence-corrected chi connectivity index (χ2v) is 2.76. The highest BCUT2D eigenvalue weighted by Crippen LogP contribution is 1.94. The smallest absolute Gasteiger partial charge is 0.320 e. The Morgan fingerprint density at radius 1 is 1.53 bits per heavy atom. The highest BCUT2D eigenvalue weighted by atomic mass is 16.3. The molecule has 0 radical (unpaired) electrons. The highest BCUT2D eigenvalue weighted by Gasteiger charge is 2.00. The molecule has 0 aliphatic carbocycles. The number of aliphatic hydroxyl groups excluding tert-OH is 1. The van der Waals surface area contributed by atoms with Crippen LogP contribution in [0, 0.1) is 0 Å². The number of hydrogen-bond donors (Lipinski definition) is 4. The number of rotatable bonds is 4. The molecular formula is C8H12N4O3. The third kappa shape index (κ3) is 4.23. The van der Waals surface area contributed by atoms with Gasteiger partial charge in [0.15, 0.2) is 5.82 Å². The number of aromatic nitrogens is 2. The molecule has 0 atom stereocenters. The Kier molecular flexibility index (Phi) is 4.30. The van der Waals surface area contributed by atoms with Crippen LogP contribution in [0.25, 0.3) is 0 Å². The molecule has 0 saturated carbocycles. The van der Waals surface area contributed by atoms with Crippen molar-refractivity contribution in [3.63, 3.8) is 0 Å². The van der Waals surface area contributed by atoms with Gasteiger partial charge in [-0.2, -0.15) is 5.10 Å². The zero-order chi connectivity index (χ0) is 11.1. The van der Waals surface area contributed by atoms with Crippen LogP contribution >= 0.6 is 0 Å². The number of aromatic amines is 1. The van der Waals surface area contributed by atoms with Gasteiger partial charge in [0.05, 0.1) is 0 Å². The summed E-state index contributed by atoms with van der Waals surface area (Å²) >= 11 is 0. The van der Waals surface area contributed by atoms with E-state index in [4.69, 9.17) is 5.11 Å². The number of anilines is 1. The SMILES string of the molecule is O=C(NCCCO)Nc1ccc(=O)[nH]n1. The summed E-state index contributed by atoms with van der Waals surface area (Å²) in [4.78, 5) is 21.8. The lowest BCUT2D eigenvalue weighted by molar-refractivity contribution is 0.248. The van der Waals surface area contributed by atoms with Crippen LogP contribution in [0.2, 0.25) is 0 Å². The van der Waals surface area contributed by atoms with E-state index in [2.05, 4.69) is 20.8 Å². The Hall–Kier alpha value is -1.89. The van der Waals surface area contributed by atoms with Gasteiger partial charge < -0.3 is 10.4 Å². The fourth-order valence-corrected chi connectivity index (χ4v) is 0.856. The minimum absolute atomic E-state index is 0.0250. The zero-order valence-corrected chi connectivity index (χ0v) is 7.99. The zero-order valence-electron chi connectivity index (χ0n) is 7.99. The van der Waals surface area contributed by atoms with Crippen molar-refractivity contribution in [1.82, 2.24) is 15.5 Å². The lowest BCUT2D eigenvalue weighted by Gasteiger charge is -2.04. The molecule has 0 fully saturated rings. The largest absolute Gasteiger partial charge is 0.396 e. The van der Waals surface area contributed by atoms with Crippen LogP contribution in [0.4, 0.5) is 10.6 Å². The molecule has 7 nitrogen and oxygen atoms in total. The van der Waals surface area contributed by atoms with E-state index in [1.54, 1.807) is 0 Å². The fourth-order valence-electron chi connectivity index (χ4n) is 0.856. The molecule has 7 heteroatoms. The number of H-pyrrole nitrogens is 1. The van der Waals surface area contributed by atoms with Crippen LogP contribution in [0.5, 0.6) is 0 Å². The molecule has 0 bridgehead atoms. The molecule has 0 saturated heterocycles. The lowest BCUT2D eigenvalue weighted by atomic mass is 10.4. The number of nitrogens with one attached hydrogen (secondary N) is 3. The molecule has 0 aliphatic heterocycles. The maximum Gasteiger partial charge on any atom is 0.320 e. The van der Waals surface area contributed by atoms with Gasteiger partial charge in [0.25, 0.3) is 5.56 Å². The van der Waals surface area contributed by atoms with Crippen LogP contribution in [-0.4, -0.2) is 34.5 Å². The van der Waals surface area contributed by atoms with Crippen LogP contribution in [0.1, 0.15) is 6.42 Å². The Balaban J connectivity index is 2.37. The van der Waals surface area contributed by atoms with Gasteiger partial charge in [0.2, 0.25) is 0 Å². The number of nitrogens with zero attached hydrogens (tertiary/aromatic N) is 1. The van der Waals surface area contributed by atoms with Crippen LogP contribution in [-0.2, 0) is 0 Å². The first kappa shape index (κ1) is 11.2. The van der Waals surface area contributed by atoms with Crippen molar-refractivity contribution in [3.05, 3.63) is 22.5 Å². The van der Waals surface area contributed by atoms with E-state index < -0.39 is 6.03 Å². The standard InChI is InChI=1S/C8H12N4O3/c13-5-1-4-9-8(15)10-6-2-3-7(14)12-11-6/h2-3,13H,1,4-5H2,(H,12,14)(H2,9,10,11,15). The number of amides is 2. The maximum atomic E-state index is 11.1. The summed E-state index contributed by atoms with van der Waals surface area (Å²) in [7, 11) is 0. The average molecular weight is 212 g/mol. The molecular weight excluding hydrogens is 200 g/mol. The number of aliphatic hydroxyl groups is 1. The third-order valence-electron chi connectivity index (χ3n) is 1.54. The lowest BCUT2D eigenvalue weighted by Crippen LogP contribution is -2.30. The molecule has 1 heterocycles. The molecule has 0 unspecified atom stereocenters. The van der Waals surface area contributed by atoms with Gasteiger partial charge in [-0.3, -0.25) is 10.1 Å². The second kappa shape index (κ2) is 5.76. The van der Waals surface area contributed by atoms with E-state index in [1.165, 1.54) is 12.1 Å².